The van der Waals surface area contributed by atoms with Gasteiger partial charge in [0.1, 0.15) is 6.04 Å². The van der Waals surface area contributed by atoms with Crippen molar-refractivity contribution >= 4 is 17.5 Å². The molecule has 0 saturated carbocycles. The van der Waals surface area contributed by atoms with Crippen molar-refractivity contribution in [3.8, 4) is 11.4 Å². The van der Waals surface area contributed by atoms with Gasteiger partial charge in [0, 0.05) is 23.6 Å². The van der Waals surface area contributed by atoms with Crippen LogP contribution in [-0.4, -0.2) is 20.9 Å². The molecule has 0 aliphatic carbocycles. The molecule has 1 aliphatic heterocycles. The Balaban J connectivity index is 1.56. The summed E-state index contributed by atoms with van der Waals surface area (Å²) in [5.41, 5.74) is 0.448. The average molecular weight is 422 g/mol. The van der Waals surface area contributed by atoms with Gasteiger partial charge in [0.05, 0.1) is 5.56 Å². The van der Waals surface area contributed by atoms with Gasteiger partial charge in [-0.25, -0.2) is 0 Å². The lowest BCUT2D eigenvalue weighted by Crippen LogP contribution is -2.27. The summed E-state index contributed by atoms with van der Waals surface area (Å²) in [6.45, 7) is 0.307. The Morgan fingerprint density at radius 3 is 2.55 bits per heavy atom. The van der Waals surface area contributed by atoms with Gasteiger partial charge in [0.15, 0.2) is 0 Å². The van der Waals surface area contributed by atoms with Crippen molar-refractivity contribution in [2.24, 2.45) is 0 Å². The lowest BCUT2D eigenvalue weighted by molar-refractivity contribution is -0.137. The Morgan fingerprint density at radius 1 is 1.14 bits per heavy atom. The third kappa shape index (κ3) is 3.98. The van der Waals surface area contributed by atoms with Crippen LogP contribution in [-0.2, 0) is 17.5 Å². The summed E-state index contributed by atoms with van der Waals surface area (Å²) >= 11 is 6.20. The highest BCUT2D eigenvalue weighted by atomic mass is 35.5. The lowest BCUT2D eigenvalue weighted by atomic mass is 10.1. The van der Waals surface area contributed by atoms with Gasteiger partial charge >= 0.3 is 6.18 Å². The van der Waals surface area contributed by atoms with Gasteiger partial charge in [-0.15, -0.1) is 0 Å². The molecule has 150 valence electrons. The largest absolute Gasteiger partial charge is 0.416 e. The number of hydrogen-bond donors (Lipinski definition) is 0. The molecule has 1 unspecified atom stereocenters. The van der Waals surface area contributed by atoms with E-state index in [0.29, 0.717) is 30.0 Å². The molecule has 1 aromatic heterocycles. The Labute approximate surface area is 169 Å². The normalized spacial score (nSPS) is 17.2. The summed E-state index contributed by atoms with van der Waals surface area (Å²) in [7, 11) is 0. The van der Waals surface area contributed by atoms with Crippen LogP contribution in [0, 0.1) is 0 Å². The monoisotopic (exact) mass is 421 g/mol. The smallest absolute Gasteiger partial charge is 0.337 e. The zero-order chi connectivity index (χ0) is 20.6. The van der Waals surface area contributed by atoms with Gasteiger partial charge in [-0.05, 0) is 30.2 Å². The molecule has 0 bridgehead atoms. The second-order valence-electron chi connectivity index (χ2n) is 6.70. The quantitative estimate of drug-likeness (QED) is 0.575. The highest BCUT2D eigenvalue weighted by Gasteiger charge is 2.36. The second kappa shape index (κ2) is 7.51. The van der Waals surface area contributed by atoms with Gasteiger partial charge in [-0.1, -0.05) is 47.1 Å². The third-order valence-electron chi connectivity index (χ3n) is 4.82. The fourth-order valence-corrected chi connectivity index (χ4v) is 3.49. The molecular weight excluding hydrogens is 407 g/mol. The predicted octanol–water partition coefficient (Wildman–Crippen LogP) is 5.27. The van der Waals surface area contributed by atoms with E-state index in [4.69, 9.17) is 16.1 Å². The lowest BCUT2D eigenvalue weighted by Gasteiger charge is -2.22. The molecule has 5 nitrogen and oxygen atoms in total. The van der Waals surface area contributed by atoms with Crippen molar-refractivity contribution in [3.63, 3.8) is 0 Å². The number of aromatic nitrogens is 2. The number of benzene rings is 2. The molecule has 3 aromatic rings. The maximum Gasteiger partial charge on any atom is 0.416 e. The molecule has 0 N–H and O–H groups in total. The Bertz CT molecular complexity index is 1030. The van der Waals surface area contributed by atoms with E-state index in [0.717, 1.165) is 17.7 Å². The van der Waals surface area contributed by atoms with E-state index in [2.05, 4.69) is 10.1 Å². The van der Waals surface area contributed by atoms with E-state index in [-0.39, 0.29) is 17.6 Å². The number of rotatable bonds is 4. The van der Waals surface area contributed by atoms with Crippen molar-refractivity contribution in [1.82, 2.24) is 15.0 Å². The molecule has 0 spiro atoms. The number of amides is 1. The minimum Gasteiger partial charge on any atom is -0.337 e. The number of carbonyl (C=O) groups excluding carboxylic acids is 1. The highest BCUT2D eigenvalue weighted by molar-refractivity contribution is 6.31. The van der Waals surface area contributed by atoms with E-state index in [1.807, 2.05) is 18.2 Å². The van der Waals surface area contributed by atoms with Crippen LogP contribution in [0.5, 0.6) is 0 Å². The van der Waals surface area contributed by atoms with Gasteiger partial charge in [0.2, 0.25) is 17.6 Å². The number of halogens is 4. The summed E-state index contributed by atoms with van der Waals surface area (Å²) < 4.78 is 43.5. The minimum atomic E-state index is -4.41. The van der Waals surface area contributed by atoms with Crippen LogP contribution in [0.2, 0.25) is 5.02 Å². The van der Waals surface area contributed by atoms with E-state index in [1.165, 1.54) is 12.1 Å². The van der Waals surface area contributed by atoms with Crippen molar-refractivity contribution < 1.29 is 22.5 Å². The molecule has 1 fully saturated rings. The zero-order valence-electron chi connectivity index (χ0n) is 15.0. The van der Waals surface area contributed by atoms with Gasteiger partial charge < -0.3 is 9.42 Å². The Hall–Kier alpha value is -2.87. The third-order valence-corrected chi connectivity index (χ3v) is 5.19. The average Bonchev–Trinajstić information content (AvgIpc) is 3.30. The predicted molar refractivity (Wildman–Crippen MR) is 98.7 cm³/mol. The number of carbonyl (C=O) groups is 1. The van der Waals surface area contributed by atoms with Crippen molar-refractivity contribution in [2.45, 2.75) is 31.6 Å². The molecule has 1 atom stereocenters. The first kappa shape index (κ1) is 19.4. The summed E-state index contributed by atoms with van der Waals surface area (Å²) in [5, 5.41) is 4.43. The molecule has 2 aromatic carbocycles. The first-order chi connectivity index (χ1) is 13.8. The van der Waals surface area contributed by atoms with Crippen LogP contribution in [0.1, 0.15) is 35.9 Å². The van der Waals surface area contributed by atoms with Crippen LogP contribution in [0.15, 0.2) is 53.1 Å². The molecule has 1 amide bonds. The van der Waals surface area contributed by atoms with Crippen molar-refractivity contribution in [3.05, 3.63) is 70.6 Å². The van der Waals surface area contributed by atoms with E-state index in [9.17, 15) is 18.0 Å². The van der Waals surface area contributed by atoms with Crippen LogP contribution in [0.4, 0.5) is 13.2 Å². The summed E-state index contributed by atoms with van der Waals surface area (Å²) in [6, 6.07) is 11.3. The first-order valence-corrected chi connectivity index (χ1v) is 9.25. The number of hydrogen-bond acceptors (Lipinski definition) is 4. The topological polar surface area (TPSA) is 59.2 Å². The minimum absolute atomic E-state index is 0.0517. The maximum atomic E-state index is 12.7. The van der Waals surface area contributed by atoms with Crippen LogP contribution >= 0.6 is 11.6 Å². The maximum absolute atomic E-state index is 12.7. The number of nitrogens with zero attached hydrogens (tertiary/aromatic N) is 3. The van der Waals surface area contributed by atoms with Crippen LogP contribution in [0.25, 0.3) is 11.4 Å². The van der Waals surface area contributed by atoms with Gasteiger partial charge in [0.25, 0.3) is 0 Å². The Kier molecular flexibility index (Phi) is 5.04. The van der Waals surface area contributed by atoms with E-state index >= 15 is 0 Å². The van der Waals surface area contributed by atoms with Gasteiger partial charge in [-0.3, -0.25) is 4.79 Å². The Morgan fingerprint density at radius 2 is 1.86 bits per heavy atom. The summed E-state index contributed by atoms with van der Waals surface area (Å²) in [5.74, 6) is 0.368. The second-order valence-corrected chi connectivity index (χ2v) is 7.11. The number of alkyl halides is 3. The molecule has 4 rings (SSSR count). The molecule has 9 heteroatoms. The molecule has 2 heterocycles. The molecule has 29 heavy (non-hydrogen) atoms. The summed E-state index contributed by atoms with van der Waals surface area (Å²) in [4.78, 5) is 18.3. The van der Waals surface area contributed by atoms with Crippen LogP contribution in [0.3, 0.4) is 0 Å². The van der Waals surface area contributed by atoms with E-state index < -0.39 is 17.8 Å². The van der Waals surface area contributed by atoms with Crippen LogP contribution < -0.4 is 0 Å². The van der Waals surface area contributed by atoms with Crippen molar-refractivity contribution in [2.75, 3.05) is 0 Å². The molecule has 1 saturated heterocycles. The van der Waals surface area contributed by atoms with E-state index in [1.54, 1.807) is 11.0 Å². The number of likely N-dealkylation sites (tertiary alicyclic amines) is 1. The zero-order valence-corrected chi connectivity index (χ0v) is 15.7. The summed E-state index contributed by atoms with van der Waals surface area (Å²) in [6.07, 6.45) is -3.56. The first-order valence-electron chi connectivity index (χ1n) is 8.87. The van der Waals surface area contributed by atoms with Gasteiger partial charge in [-0.2, -0.15) is 18.2 Å². The standard InChI is InChI=1S/C20H15ClF3N3O2/c21-15-4-2-1-3-13(15)11-27-16(9-10-17(27)28)19-25-18(26-29-19)12-5-7-14(8-6-12)20(22,23)24/h1-8,16H,9-11H2. The fraction of sp³-hybridized carbons (Fsp3) is 0.250. The SMILES string of the molecule is O=C1CCC(c2nc(-c3ccc(C(F)(F)F)cc3)no2)N1Cc1ccccc1Cl. The van der Waals surface area contributed by atoms with Crippen molar-refractivity contribution in [1.29, 1.82) is 0 Å². The molecule has 0 radical (unpaired) electrons. The molecule has 1 aliphatic rings. The fourth-order valence-electron chi connectivity index (χ4n) is 3.29. The molecular formula is C20H15ClF3N3O2. The highest BCUT2D eigenvalue weighted by Crippen LogP contribution is 2.35.